The Hall–Kier alpha value is -0.830. The van der Waals surface area contributed by atoms with Crippen LogP contribution >= 0.6 is 27.3 Å². The van der Waals surface area contributed by atoms with Crippen molar-refractivity contribution in [3.63, 3.8) is 0 Å². The number of thiazole rings is 1. The number of aromatic nitrogens is 1. The van der Waals surface area contributed by atoms with Gasteiger partial charge in [0.15, 0.2) is 0 Å². The molecule has 0 saturated heterocycles. The molecule has 0 unspecified atom stereocenters. The van der Waals surface area contributed by atoms with Gasteiger partial charge in [0.2, 0.25) is 10.0 Å². The molecule has 2 aromatic rings. The maximum Gasteiger partial charge on any atom is 0.242 e. The van der Waals surface area contributed by atoms with E-state index >= 15 is 0 Å². The van der Waals surface area contributed by atoms with Crippen LogP contribution in [0.5, 0.6) is 0 Å². The van der Waals surface area contributed by atoms with Crippen LogP contribution in [0.4, 0.5) is 4.39 Å². The largest absolute Gasteiger partial charge is 0.250 e. The molecular weight excluding hydrogens is 355 g/mol. The first-order valence-electron chi connectivity index (χ1n) is 5.24. The third-order valence-corrected chi connectivity index (χ3v) is 5.58. The number of aryl methyl sites for hydroxylation is 1. The zero-order valence-electron chi connectivity index (χ0n) is 9.85. The van der Waals surface area contributed by atoms with Gasteiger partial charge in [-0.2, -0.15) is 0 Å². The molecule has 2 rings (SSSR count). The van der Waals surface area contributed by atoms with Crippen molar-refractivity contribution in [2.24, 2.45) is 0 Å². The van der Waals surface area contributed by atoms with Gasteiger partial charge in [0.25, 0.3) is 0 Å². The standard InChI is InChI=1S/C11H10BrFN2O2S2/c1-7-14-5-9(18-7)6-15-19(16,17)11-3-2-8(13)4-10(11)12/h2-5,15H,6H2,1H3. The average Bonchev–Trinajstić information content (AvgIpc) is 2.72. The van der Waals surface area contributed by atoms with E-state index in [0.29, 0.717) is 0 Å². The van der Waals surface area contributed by atoms with Gasteiger partial charge in [-0.1, -0.05) is 0 Å². The van der Waals surface area contributed by atoms with Crippen molar-refractivity contribution >= 4 is 37.3 Å². The normalized spacial score (nSPS) is 11.7. The summed E-state index contributed by atoms with van der Waals surface area (Å²) in [5, 5.41) is 0.872. The first-order valence-corrected chi connectivity index (χ1v) is 8.34. The van der Waals surface area contributed by atoms with Crippen molar-refractivity contribution in [1.29, 1.82) is 0 Å². The minimum absolute atomic E-state index is 0.00939. The van der Waals surface area contributed by atoms with Crippen LogP contribution in [-0.4, -0.2) is 13.4 Å². The average molecular weight is 365 g/mol. The zero-order chi connectivity index (χ0) is 14.0. The van der Waals surface area contributed by atoms with E-state index in [0.717, 1.165) is 22.0 Å². The predicted molar refractivity (Wildman–Crippen MR) is 75.0 cm³/mol. The lowest BCUT2D eigenvalue weighted by atomic mass is 10.3. The van der Waals surface area contributed by atoms with E-state index in [2.05, 4.69) is 25.6 Å². The highest BCUT2D eigenvalue weighted by atomic mass is 79.9. The van der Waals surface area contributed by atoms with Crippen LogP contribution in [0.3, 0.4) is 0 Å². The Kier molecular flexibility index (Phi) is 4.34. The Labute approximate surface area is 122 Å². The van der Waals surface area contributed by atoms with E-state index in [-0.39, 0.29) is 15.9 Å². The molecule has 8 heteroatoms. The second-order valence-corrected chi connectivity index (χ2v) is 7.65. The first kappa shape index (κ1) is 14.6. The van der Waals surface area contributed by atoms with E-state index < -0.39 is 15.8 Å². The smallest absolute Gasteiger partial charge is 0.242 e. The zero-order valence-corrected chi connectivity index (χ0v) is 13.1. The van der Waals surface area contributed by atoms with Crippen LogP contribution < -0.4 is 4.72 Å². The van der Waals surface area contributed by atoms with Gasteiger partial charge in [-0.15, -0.1) is 11.3 Å². The summed E-state index contributed by atoms with van der Waals surface area (Å²) >= 11 is 4.46. The number of halogens is 2. The van der Waals surface area contributed by atoms with Crippen molar-refractivity contribution in [3.05, 3.63) is 44.6 Å². The summed E-state index contributed by atoms with van der Waals surface area (Å²) in [6, 6.07) is 3.45. The fourth-order valence-electron chi connectivity index (χ4n) is 1.42. The molecule has 102 valence electrons. The van der Waals surface area contributed by atoms with E-state index in [4.69, 9.17) is 0 Å². The van der Waals surface area contributed by atoms with Crippen molar-refractivity contribution in [2.75, 3.05) is 0 Å². The summed E-state index contributed by atoms with van der Waals surface area (Å²) in [6.45, 7) is 2.01. The van der Waals surface area contributed by atoms with Crippen LogP contribution in [0.15, 0.2) is 33.8 Å². The lowest BCUT2D eigenvalue weighted by Gasteiger charge is -2.07. The molecular formula is C11H10BrFN2O2S2. The summed E-state index contributed by atoms with van der Waals surface area (Å²) < 4.78 is 39.7. The fourth-order valence-corrected chi connectivity index (χ4v) is 4.30. The van der Waals surface area contributed by atoms with E-state index in [9.17, 15) is 12.8 Å². The summed E-state index contributed by atoms with van der Waals surface area (Å²) in [7, 11) is -3.68. The van der Waals surface area contributed by atoms with Crippen LogP contribution in [0.1, 0.15) is 9.88 Å². The number of hydrogen-bond acceptors (Lipinski definition) is 4. The molecule has 0 saturated carbocycles. The number of nitrogens with one attached hydrogen (secondary N) is 1. The second kappa shape index (κ2) is 5.66. The minimum Gasteiger partial charge on any atom is -0.250 e. The molecule has 19 heavy (non-hydrogen) atoms. The van der Waals surface area contributed by atoms with Gasteiger partial charge < -0.3 is 0 Å². The molecule has 0 atom stereocenters. The molecule has 0 amide bonds. The summed E-state index contributed by atoms with van der Waals surface area (Å²) in [5.41, 5.74) is 0. The molecule has 1 N–H and O–H groups in total. The minimum atomic E-state index is -3.68. The van der Waals surface area contributed by atoms with E-state index in [1.807, 2.05) is 6.92 Å². The maximum absolute atomic E-state index is 12.9. The van der Waals surface area contributed by atoms with E-state index in [1.165, 1.54) is 17.4 Å². The Morgan fingerprint density at radius 3 is 2.79 bits per heavy atom. The van der Waals surface area contributed by atoms with Gasteiger partial charge >= 0.3 is 0 Å². The van der Waals surface area contributed by atoms with Crippen LogP contribution in [0, 0.1) is 12.7 Å². The van der Waals surface area contributed by atoms with Crippen molar-refractivity contribution in [2.45, 2.75) is 18.4 Å². The molecule has 0 aliphatic heterocycles. The predicted octanol–water partition coefficient (Wildman–Crippen LogP) is 2.83. The highest BCUT2D eigenvalue weighted by Crippen LogP contribution is 2.23. The van der Waals surface area contributed by atoms with Gasteiger partial charge in [-0.25, -0.2) is 22.5 Å². The van der Waals surface area contributed by atoms with Gasteiger partial charge in [0.1, 0.15) is 5.82 Å². The lowest BCUT2D eigenvalue weighted by Crippen LogP contribution is -2.23. The quantitative estimate of drug-likeness (QED) is 0.907. The molecule has 1 heterocycles. The number of hydrogen-bond donors (Lipinski definition) is 1. The fraction of sp³-hybridized carbons (Fsp3) is 0.182. The monoisotopic (exact) mass is 364 g/mol. The lowest BCUT2D eigenvalue weighted by molar-refractivity contribution is 0.580. The maximum atomic E-state index is 12.9. The highest BCUT2D eigenvalue weighted by Gasteiger charge is 2.18. The third kappa shape index (κ3) is 3.59. The molecule has 0 aliphatic carbocycles. The third-order valence-electron chi connectivity index (χ3n) is 2.29. The van der Waals surface area contributed by atoms with Crippen molar-refractivity contribution in [1.82, 2.24) is 9.71 Å². The van der Waals surface area contributed by atoms with Crippen LogP contribution in [0.2, 0.25) is 0 Å². The molecule has 0 spiro atoms. The molecule has 4 nitrogen and oxygen atoms in total. The van der Waals surface area contributed by atoms with Crippen molar-refractivity contribution < 1.29 is 12.8 Å². The van der Waals surface area contributed by atoms with Gasteiger partial charge in [0, 0.05) is 22.1 Å². The highest BCUT2D eigenvalue weighted by molar-refractivity contribution is 9.10. The second-order valence-electron chi connectivity index (χ2n) is 3.74. The Bertz CT molecular complexity index is 700. The molecule has 1 aromatic carbocycles. The van der Waals surface area contributed by atoms with Crippen molar-refractivity contribution in [3.8, 4) is 0 Å². The molecule has 0 bridgehead atoms. The van der Waals surface area contributed by atoms with Gasteiger partial charge in [0.05, 0.1) is 9.90 Å². The SMILES string of the molecule is Cc1ncc(CNS(=O)(=O)c2ccc(F)cc2Br)s1. The van der Waals surface area contributed by atoms with Gasteiger partial charge in [-0.3, -0.25) is 0 Å². The number of nitrogens with zero attached hydrogens (tertiary/aromatic N) is 1. The summed E-state index contributed by atoms with van der Waals surface area (Å²) in [4.78, 5) is 4.87. The summed E-state index contributed by atoms with van der Waals surface area (Å²) in [6.07, 6.45) is 1.63. The Balaban J connectivity index is 2.18. The molecule has 0 fully saturated rings. The molecule has 1 aromatic heterocycles. The Morgan fingerprint density at radius 2 is 2.21 bits per heavy atom. The molecule has 0 aliphatic rings. The number of benzene rings is 1. The number of sulfonamides is 1. The number of rotatable bonds is 4. The van der Waals surface area contributed by atoms with Gasteiger partial charge in [-0.05, 0) is 41.1 Å². The molecule has 0 radical (unpaired) electrons. The topological polar surface area (TPSA) is 59.1 Å². The van der Waals surface area contributed by atoms with E-state index in [1.54, 1.807) is 6.20 Å². The Morgan fingerprint density at radius 1 is 1.47 bits per heavy atom. The van der Waals surface area contributed by atoms with Crippen LogP contribution in [-0.2, 0) is 16.6 Å². The van der Waals surface area contributed by atoms with Crippen LogP contribution in [0.25, 0.3) is 0 Å². The summed E-state index contributed by atoms with van der Waals surface area (Å²) in [5.74, 6) is -0.496. The first-order chi connectivity index (χ1) is 8.88.